The number of aliphatic imine (C=N–C) groups is 1. The zero-order chi connectivity index (χ0) is 17.1. The quantitative estimate of drug-likeness (QED) is 0.399. The SMILES string of the molecule is CCNC(=NCCCN1CCC(C)CC1)NCCC(=O)N(C)C. The van der Waals surface area contributed by atoms with Gasteiger partial charge in [0.15, 0.2) is 5.96 Å². The van der Waals surface area contributed by atoms with Crippen LogP contribution in [0.5, 0.6) is 0 Å². The molecule has 1 fully saturated rings. The van der Waals surface area contributed by atoms with E-state index in [1.165, 1.54) is 25.9 Å². The Bertz CT molecular complexity index is 362. The molecule has 1 amide bonds. The van der Waals surface area contributed by atoms with E-state index in [4.69, 9.17) is 0 Å². The van der Waals surface area contributed by atoms with E-state index < -0.39 is 0 Å². The Kier molecular flexibility index (Phi) is 9.67. The largest absolute Gasteiger partial charge is 0.357 e. The van der Waals surface area contributed by atoms with Crippen molar-refractivity contribution in [3.05, 3.63) is 0 Å². The molecule has 1 aliphatic heterocycles. The highest BCUT2D eigenvalue weighted by Crippen LogP contribution is 2.15. The van der Waals surface area contributed by atoms with Crippen molar-refractivity contribution in [2.45, 2.75) is 39.5 Å². The number of rotatable bonds is 8. The Labute approximate surface area is 141 Å². The molecule has 0 aromatic carbocycles. The molecule has 0 radical (unpaired) electrons. The molecule has 0 aliphatic carbocycles. The molecule has 0 aromatic heterocycles. The maximum Gasteiger partial charge on any atom is 0.223 e. The number of hydrogen-bond donors (Lipinski definition) is 2. The second-order valence-corrected chi connectivity index (χ2v) is 6.60. The molecule has 0 spiro atoms. The van der Waals surface area contributed by atoms with Crippen LogP contribution in [-0.4, -0.2) is 75.0 Å². The summed E-state index contributed by atoms with van der Waals surface area (Å²) in [6, 6.07) is 0. The highest BCUT2D eigenvalue weighted by Gasteiger charge is 2.14. The molecule has 0 atom stereocenters. The van der Waals surface area contributed by atoms with Crippen molar-refractivity contribution < 1.29 is 4.79 Å². The number of piperidine rings is 1. The maximum absolute atomic E-state index is 11.6. The van der Waals surface area contributed by atoms with Crippen molar-refractivity contribution in [3.8, 4) is 0 Å². The maximum atomic E-state index is 11.6. The number of carbonyl (C=O) groups is 1. The van der Waals surface area contributed by atoms with Crippen LogP contribution in [0.1, 0.15) is 39.5 Å². The van der Waals surface area contributed by atoms with E-state index in [0.29, 0.717) is 13.0 Å². The minimum atomic E-state index is 0.132. The van der Waals surface area contributed by atoms with Gasteiger partial charge in [-0.05, 0) is 51.7 Å². The van der Waals surface area contributed by atoms with Crippen LogP contribution in [0.3, 0.4) is 0 Å². The molecule has 2 N–H and O–H groups in total. The van der Waals surface area contributed by atoms with Gasteiger partial charge in [-0.1, -0.05) is 6.92 Å². The van der Waals surface area contributed by atoms with E-state index in [1.54, 1.807) is 19.0 Å². The minimum absolute atomic E-state index is 0.132. The standard InChI is InChI=1S/C17H35N5O/c1-5-18-17(20-11-7-16(23)21(3)4)19-10-6-12-22-13-8-15(2)9-14-22/h15H,5-14H2,1-4H3,(H2,18,19,20). The van der Waals surface area contributed by atoms with Crippen molar-refractivity contribution in [1.82, 2.24) is 20.4 Å². The van der Waals surface area contributed by atoms with Crippen molar-refractivity contribution in [2.24, 2.45) is 10.9 Å². The number of nitrogens with zero attached hydrogens (tertiary/aromatic N) is 3. The fraction of sp³-hybridized carbons (Fsp3) is 0.882. The summed E-state index contributed by atoms with van der Waals surface area (Å²) in [5, 5.41) is 6.46. The highest BCUT2D eigenvalue weighted by molar-refractivity contribution is 5.81. The third-order valence-corrected chi connectivity index (χ3v) is 4.25. The van der Waals surface area contributed by atoms with Crippen LogP contribution in [0.25, 0.3) is 0 Å². The third-order valence-electron chi connectivity index (χ3n) is 4.25. The molecule has 134 valence electrons. The first kappa shape index (κ1) is 19.7. The van der Waals surface area contributed by atoms with E-state index in [1.807, 2.05) is 0 Å². The first-order valence-electron chi connectivity index (χ1n) is 8.97. The van der Waals surface area contributed by atoms with Crippen LogP contribution >= 0.6 is 0 Å². The van der Waals surface area contributed by atoms with Gasteiger partial charge in [-0.15, -0.1) is 0 Å². The van der Waals surface area contributed by atoms with Gasteiger partial charge in [-0.2, -0.15) is 0 Å². The molecule has 0 saturated carbocycles. The Hall–Kier alpha value is -1.30. The van der Waals surface area contributed by atoms with Crippen molar-refractivity contribution >= 4 is 11.9 Å². The number of likely N-dealkylation sites (tertiary alicyclic amines) is 1. The van der Waals surface area contributed by atoms with Gasteiger partial charge in [0, 0.05) is 40.2 Å². The van der Waals surface area contributed by atoms with Gasteiger partial charge in [0.2, 0.25) is 5.91 Å². The van der Waals surface area contributed by atoms with E-state index in [9.17, 15) is 4.79 Å². The lowest BCUT2D eigenvalue weighted by Crippen LogP contribution is -2.39. The molecule has 1 heterocycles. The van der Waals surface area contributed by atoms with Gasteiger partial charge >= 0.3 is 0 Å². The molecule has 0 unspecified atom stereocenters. The van der Waals surface area contributed by atoms with Crippen LogP contribution in [0.2, 0.25) is 0 Å². The first-order valence-corrected chi connectivity index (χ1v) is 8.97. The van der Waals surface area contributed by atoms with Crippen molar-refractivity contribution in [2.75, 3.05) is 53.4 Å². The molecule has 0 bridgehead atoms. The number of carbonyl (C=O) groups excluding carboxylic acids is 1. The number of nitrogens with one attached hydrogen (secondary N) is 2. The third kappa shape index (κ3) is 8.79. The summed E-state index contributed by atoms with van der Waals surface area (Å²) >= 11 is 0. The molecule has 1 aliphatic rings. The fourth-order valence-corrected chi connectivity index (χ4v) is 2.62. The lowest BCUT2D eigenvalue weighted by atomic mass is 9.99. The monoisotopic (exact) mass is 325 g/mol. The molecule has 6 nitrogen and oxygen atoms in total. The molecule has 0 aromatic rings. The molecular formula is C17H35N5O. The zero-order valence-corrected chi connectivity index (χ0v) is 15.4. The summed E-state index contributed by atoms with van der Waals surface area (Å²) < 4.78 is 0. The Balaban J connectivity index is 2.21. The number of guanidine groups is 1. The summed E-state index contributed by atoms with van der Waals surface area (Å²) in [6.45, 7) is 10.3. The lowest BCUT2D eigenvalue weighted by Gasteiger charge is -2.29. The average molecular weight is 326 g/mol. The summed E-state index contributed by atoms with van der Waals surface area (Å²) in [7, 11) is 3.56. The van der Waals surface area contributed by atoms with Gasteiger partial charge in [-0.25, -0.2) is 0 Å². The van der Waals surface area contributed by atoms with Gasteiger partial charge in [0.05, 0.1) is 0 Å². The van der Waals surface area contributed by atoms with Crippen LogP contribution in [0, 0.1) is 5.92 Å². The summed E-state index contributed by atoms with van der Waals surface area (Å²) in [5.41, 5.74) is 0. The molecule has 1 rings (SSSR count). The van der Waals surface area contributed by atoms with Gasteiger partial charge < -0.3 is 20.4 Å². The highest BCUT2D eigenvalue weighted by atomic mass is 16.2. The smallest absolute Gasteiger partial charge is 0.223 e. The van der Waals surface area contributed by atoms with E-state index in [2.05, 4.69) is 34.4 Å². The number of amides is 1. The first-order chi connectivity index (χ1) is 11.0. The summed E-state index contributed by atoms with van der Waals surface area (Å²) in [4.78, 5) is 20.3. The lowest BCUT2D eigenvalue weighted by molar-refractivity contribution is -0.128. The normalized spacial score (nSPS) is 17.1. The minimum Gasteiger partial charge on any atom is -0.357 e. The van der Waals surface area contributed by atoms with Crippen LogP contribution < -0.4 is 10.6 Å². The van der Waals surface area contributed by atoms with E-state index >= 15 is 0 Å². The Morgan fingerprint density at radius 2 is 1.96 bits per heavy atom. The predicted molar refractivity (Wildman–Crippen MR) is 96.7 cm³/mol. The summed E-state index contributed by atoms with van der Waals surface area (Å²) in [5.74, 6) is 1.83. The van der Waals surface area contributed by atoms with Gasteiger partial charge in [0.1, 0.15) is 0 Å². The van der Waals surface area contributed by atoms with Crippen molar-refractivity contribution in [1.29, 1.82) is 0 Å². The average Bonchev–Trinajstić information content (AvgIpc) is 2.52. The molecule has 23 heavy (non-hydrogen) atoms. The fourth-order valence-electron chi connectivity index (χ4n) is 2.62. The molecule has 6 heteroatoms. The van der Waals surface area contributed by atoms with Crippen LogP contribution in [0.4, 0.5) is 0 Å². The number of hydrogen-bond acceptors (Lipinski definition) is 3. The van der Waals surface area contributed by atoms with Crippen LogP contribution in [-0.2, 0) is 4.79 Å². The zero-order valence-electron chi connectivity index (χ0n) is 15.4. The van der Waals surface area contributed by atoms with Gasteiger partial charge in [0.25, 0.3) is 0 Å². The Morgan fingerprint density at radius 1 is 1.26 bits per heavy atom. The molecular weight excluding hydrogens is 290 g/mol. The van der Waals surface area contributed by atoms with Gasteiger partial charge in [-0.3, -0.25) is 9.79 Å². The second kappa shape index (κ2) is 11.3. The predicted octanol–water partition coefficient (Wildman–Crippen LogP) is 1.14. The van der Waals surface area contributed by atoms with Crippen LogP contribution in [0.15, 0.2) is 4.99 Å². The van der Waals surface area contributed by atoms with E-state index in [0.717, 1.165) is 37.9 Å². The van der Waals surface area contributed by atoms with Crippen molar-refractivity contribution in [3.63, 3.8) is 0 Å². The topological polar surface area (TPSA) is 60.0 Å². The summed E-state index contributed by atoms with van der Waals surface area (Å²) in [6.07, 6.45) is 4.23. The Morgan fingerprint density at radius 3 is 2.57 bits per heavy atom. The molecule has 1 saturated heterocycles. The van der Waals surface area contributed by atoms with E-state index in [-0.39, 0.29) is 5.91 Å². The second-order valence-electron chi connectivity index (χ2n) is 6.60.